The van der Waals surface area contributed by atoms with Crippen LogP contribution in [0, 0.1) is 5.92 Å². The number of hydrogen-bond acceptors (Lipinski definition) is 5. The number of piperidine rings is 1. The van der Waals surface area contributed by atoms with Crippen molar-refractivity contribution in [3.63, 3.8) is 0 Å². The average molecular weight is 422 g/mol. The number of imide groups is 1. The van der Waals surface area contributed by atoms with Crippen LogP contribution in [-0.2, 0) is 25.7 Å². The smallest absolute Gasteiger partial charge is 0.325 e. The lowest BCUT2D eigenvalue weighted by molar-refractivity contribution is -0.142. The SMILES string of the molecule is COC(=O)CC1CCN(C(=O)CC2NC(=O)N(Cc3ccccc3Cl)C2=O)CC1. The third-order valence-electron chi connectivity index (χ3n) is 5.42. The Labute approximate surface area is 174 Å². The van der Waals surface area contributed by atoms with E-state index >= 15 is 0 Å². The highest BCUT2D eigenvalue weighted by atomic mass is 35.5. The number of hydrogen-bond donors (Lipinski definition) is 1. The summed E-state index contributed by atoms with van der Waals surface area (Å²) in [5.41, 5.74) is 0.664. The zero-order chi connectivity index (χ0) is 21.0. The van der Waals surface area contributed by atoms with Crippen LogP contribution in [0.1, 0.15) is 31.2 Å². The number of benzene rings is 1. The Hall–Kier alpha value is -2.61. The van der Waals surface area contributed by atoms with Crippen molar-refractivity contribution in [2.75, 3.05) is 20.2 Å². The van der Waals surface area contributed by atoms with Gasteiger partial charge in [-0.1, -0.05) is 29.8 Å². The van der Waals surface area contributed by atoms with Crippen molar-refractivity contribution in [3.8, 4) is 0 Å². The summed E-state index contributed by atoms with van der Waals surface area (Å²) in [6.07, 6.45) is 1.70. The van der Waals surface area contributed by atoms with Gasteiger partial charge in [0.1, 0.15) is 6.04 Å². The lowest BCUT2D eigenvalue weighted by Crippen LogP contribution is -2.43. The molecule has 2 heterocycles. The number of rotatable bonds is 6. The van der Waals surface area contributed by atoms with E-state index in [2.05, 4.69) is 10.1 Å². The minimum absolute atomic E-state index is 0.0634. The number of nitrogens with zero attached hydrogens (tertiary/aromatic N) is 2. The summed E-state index contributed by atoms with van der Waals surface area (Å²) < 4.78 is 4.69. The van der Waals surface area contributed by atoms with Gasteiger partial charge < -0.3 is 15.0 Å². The minimum atomic E-state index is -0.870. The molecule has 1 N–H and O–H groups in total. The second kappa shape index (κ2) is 9.26. The van der Waals surface area contributed by atoms with Gasteiger partial charge in [-0.3, -0.25) is 19.3 Å². The molecule has 0 bridgehead atoms. The number of urea groups is 1. The molecule has 1 atom stereocenters. The molecule has 1 aromatic carbocycles. The third kappa shape index (κ3) is 5.06. The van der Waals surface area contributed by atoms with Gasteiger partial charge in [-0.2, -0.15) is 0 Å². The summed E-state index contributed by atoms with van der Waals surface area (Å²) in [4.78, 5) is 51.6. The molecule has 2 fully saturated rings. The fraction of sp³-hybridized carbons (Fsp3) is 0.500. The molecule has 1 aromatic rings. The maximum Gasteiger partial charge on any atom is 0.325 e. The molecule has 0 spiro atoms. The van der Waals surface area contributed by atoms with Crippen LogP contribution in [0.5, 0.6) is 0 Å². The lowest BCUT2D eigenvalue weighted by atomic mass is 9.93. The van der Waals surface area contributed by atoms with Crippen molar-refractivity contribution in [1.29, 1.82) is 0 Å². The molecular weight excluding hydrogens is 398 g/mol. The van der Waals surface area contributed by atoms with E-state index in [-0.39, 0.29) is 30.8 Å². The maximum absolute atomic E-state index is 12.6. The van der Waals surface area contributed by atoms with Crippen molar-refractivity contribution in [2.45, 2.75) is 38.3 Å². The van der Waals surface area contributed by atoms with Crippen LogP contribution in [0.4, 0.5) is 4.79 Å². The van der Waals surface area contributed by atoms with Gasteiger partial charge in [0.15, 0.2) is 0 Å². The molecule has 0 saturated carbocycles. The third-order valence-corrected chi connectivity index (χ3v) is 5.79. The largest absolute Gasteiger partial charge is 0.469 e. The van der Waals surface area contributed by atoms with E-state index in [1.807, 2.05) is 0 Å². The second-order valence-electron chi connectivity index (χ2n) is 7.33. The average Bonchev–Trinajstić information content (AvgIpc) is 2.97. The van der Waals surface area contributed by atoms with Crippen LogP contribution in [0.15, 0.2) is 24.3 Å². The first-order valence-electron chi connectivity index (χ1n) is 9.59. The molecule has 29 heavy (non-hydrogen) atoms. The van der Waals surface area contributed by atoms with Gasteiger partial charge in [-0.05, 0) is 30.4 Å². The van der Waals surface area contributed by atoms with Gasteiger partial charge in [-0.25, -0.2) is 4.79 Å². The molecule has 9 heteroatoms. The van der Waals surface area contributed by atoms with E-state index in [4.69, 9.17) is 11.6 Å². The topological polar surface area (TPSA) is 96.0 Å². The molecule has 2 saturated heterocycles. The second-order valence-corrected chi connectivity index (χ2v) is 7.73. The van der Waals surface area contributed by atoms with Crippen molar-refractivity contribution in [2.24, 2.45) is 5.92 Å². The molecule has 3 rings (SSSR count). The lowest BCUT2D eigenvalue weighted by Gasteiger charge is -2.32. The number of carbonyl (C=O) groups is 4. The first-order chi connectivity index (χ1) is 13.9. The molecule has 4 amide bonds. The number of esters is 1. The molecule has 0 radical (unpaired) electrons. The summed E-state index contributed by atoms with van der Waals surface area (Å²) in [5.74, 6) is -0.651. The van der Waals surface area contributed by atoms with E-state index in [1.54, 1.807) is 29.2 Å². The number of nitrogens with one attached hydrogen (secondary N) is 1. The number of methoxy groups -OCH3 is 1. The van der Waals surface area contributed by atoms with Crippen LogP contribution in [0.25, 0.3) is 0 Å². The summed E-state index contributed by atoms with van der Waals surface area (Å²) >= 11 is 6.11. The Bertz CT molecular complexity index is 807. The summed E-state index contributed by atoms with van der Waals surface area (Å²) in [7, 11) is 1.36. The Morgan fingerprint density at radius 1 is 1.17 bits per heavy atom. The molecule has 2 aliphatic heterocycles. The van der Waals surface area contributed by atoms with Crippen LogP contribution in [0.3, 0.4) is 0 Å². The minimum Gasteiger partial charge on any atom is -0.469 e. The van der Waals surface area contributed by atoms with Gasteiger partial charge in [0.2, 0.25) is 5.91 Å². The van der Waals surface area contributed by atoms with Crippen LogP contribution >= 0.6 is 11.6 Å². The quantitative estimate of drug-likeness (QED) is 0.559. The Balaban J connectivity index is 1.52. The molecule has 156 valence electrons. The molecule has 0 aromatic heterocycles. The Morgan fingerprint density at radius 3 is 2.52 bits per heavy atom. The predicted molar refractivity (Wildman–Crippen MR) is 105 cm³/mol. The zero-order valence-corrected chi connectivity index (χ0v) is 17.0. The van der Waals surface area contributed by atoms with Crippen molar-refractivity contribution in [3.05, 3.63) is 34.9 Å². The summed E-state index contributed by atoms with van der Waals surface area (Å²) in [6.45, 7) is 1.12. The monoisotopic (exact) mass is 421 g/mol. The van der Waals surface area contributed by atoms with Crippen LogP contribution in [-0.4, -0.2) is 59.9 Å². The van der Waals surface area contributed by atoms with Crippen molar-refractivity contribution in [1.82, 2.24) is 15.1 Å². The Morgan fingerprint density at radius 2 is 1.86 bits per heavy atom. The highest BCUT2D eigenvalue weighted by Gasteiger charge is 2.40. The van der Waals surface area contributed by atoms with Gasteiger partial charge in [0.05, 0.1) is 20.1 Å². The van der Waals surface area contributed by atoms with Crippen LogP contribution < -0.4 is 5.32 Å². The molecule has 0 aliphatic carbocycles. The fourth-order valence-electron chi connectivity index (χ4n) is 3.67. The number of halogens is 1. The van der Waals surface area contributed by atoms with E-state index in [9.17, 15) is 19.2 Å². The number of carbonyl (C=O) groups excluding carboxylic acids is 4. The fourth-order valence-corrected chi connectivity index (χ4v) is 3.87. The molecule has 1 unspecified atom stereocenters. The zero-order valence-electron chi connectivity index (χ0n) is 16.2. The van der Waals surface area contributed by atoms with E-state index in [0.29, 0.717) is 42.9 Å². The summed E-state index contributed by atoms with van der Waals surface area (Å²) in [6, 6.07) is 5.60. The van der Waals surface area contributed by atoms with E-state index in [0.717, 1.165) is 4.90 Å². The highest BCUT2D eigenvalue weighted by molar-refractivity contribution is 6.31. The van der Waals surface area contributed by atoms with Gasteiger partial charge in [-0.15, -0.1) is 0 Å². The normalized spacial score (nSPS) is 20.0. The first-order valence-corrected chi connectivity index (χ1v) is 9.96. The molecule has 8 nitrogen and oxygen atoms in total. The Kier molecular flexibility index (Phi) is 6.74. The number of amides is 4. The molecular formula is C20H24ClN3O5. The van der Waals surface area contributed by atoms with Crippen LogP contribution in [0.2, 0.25) is 5.02 Å². The maximum atomic E-state index is 12.6. The van der Waals surface area contributed by atoms with E-state index < -0.39 is 18.0 Å². The van der Waals surface area contributed by atoms with Gasteiger partial charge >= 0.3 is 12.0 Å². The van der Waals surface area contributed by atoms with Gasteiger partial charge in [0.25, 0.3) is 5.91 Å². The highest BCUT2D eigenvalue weighted by Crippen LogP contribution is 2.23. The predicted octanol–water partition coefficient (Wildman–Crippen LogP) is 1.95. The number of ether oxygens (including phenoxy) is 1. The van der Waals surface area contributed by atoms with Gasteiger partial charge in [0, 0.05) is 24.5 Å². The first kappa shape index (κ1) is 21.1. The van der Waals surface area contributed by atoms with E-state index in [1.165, 1.54) is 7.11 Å². The van der Waals surface area contributed by atoms with Crippen molar-refractivity contribution < 1.29 is 23.9 Å². The number of likely N-dealkylation sites (tertiary alicyclic amines) is 1. The molecule has 2 aliphatic rings. The summed E-state index contributed by atoms with van der Waals surface area (Å²) in [5, 5.41) is 3.07. The standard InChI is InChI=1S/C20H24ClN3O5/c1-29-18(26)10-13-6-8-23(9-7-13)17(25)11-16-19(27)24(20(28)22-16)12-14-4-2-3-5-15(14)21/h2-5,13,16H,6-12H2,1H3,(H,22,28). The van der Waals surface area contributed by atoms with Crippen molar-refractivity contribution >= 4 is 35.4 Å².